The van der Waals surface area contributed by atoms with Crippen molar-refractivity contribution in [3.63, 3.8) is 0 Å². The molecule has 0 saturated heterocycles. The van der Waals surface area contributed by atoms with Crippen molar-refractivity contribution in [2.45, 2.75) is 19.2 Å². The molecular formula is C10H12Cl2. The van der Waals surface area contributed by atoms with Crippen LogP contribution in [0.15, 0.2) is 18.2 Å². The molecule has 1 aromatic rings. The number of halogens is 2. The van der Waals surface area contributed by atoms with Crippen molar-refractivity contribution in [3.05, 3.63) is 34.9 Å². The number of benzene rings is 1. The number of hydrogen-bond acceptors (Lipinski definition) is 0. The van der Waals surface area contributed by atoms with Gasteiger partial charge in [0.2, 0.25) is 0 Å². The molecule has 0 amide bonds. The van der Waals surface area contributed by atoms with Crippen LogP contribution in [-0.4, -0.2) is 5.88 Å². The number of hydrogen-bond donors (Lipinski definition) is 0. The van der Waals surface area contributed by atoms with E-state index in [-0.39, 0.29) is 5.38 Å². The van der Waals surface area contributed by atoms with Gasteiger partial charge in [-0.15, -0.1) is 23.2 Å². The van der Waals surface area contributed by atoms with Gasteiger partial charge >= 0.3 is 0 Å². The average molecular weight is 203 g/mol. The average Bonchev–Trinajstić information content (AvgIpc) is 2.03. The van der Waals surface area contributed by atoms with Gasteiger partial charge in [-0.1, -0.05) is 23.8 Å². The first kappa shape index (κ1) is 9.88. The summed E-state index contributed by atoms with van der Waals surface area (Å²) in [7, 11) is 0. The van der Waals surface area contributed by atoms with E-state index < -0.39 is 0 Å². The van der Waals surface area contributed by atoms with Crippen molar-refractivity contribution in [2.24, 2.45) is 0 Å². The molecule has 0 aromatic heterocycles. The Morgan fingerprint density at radius 1 is 1.33 bits per heavy atom. The Morgan fingerprint density at radius 2 is 2.00 bits per heavy atom. The quantitative estimate of drug-likeness (QED) is 0.641. The van der Waals surface area contributed by atoms with Crippen molar-refractivity contribution in [1.29, 1.82) is 0 Å². The van der Waals surface area contributed by atoms with Gasteiger partial charge in [0.15, 0.2) is 0 Å². The van der Waals surface area contributed by atoms with Gasteiger partial charge in [0.25, 0.3) is 0 Å². The van der Waals surface area contributed by atoms with Crippen molar-refractivity contribution in [1.82, 2.24) is 0 Å². The Labute approximate surface area is 83.5 Å². The summed E-state index contributed by atoms with van der Waals surface area (Å²) in [5.74, 6) is 0.464. The second-order valence-electron chi connectivity index (χ2n) is 2.98. The number of rotatable bonds is 2. The van der Waals surface area contributed by atoms with Gasteiger partial charge in [-0.25, -0.2) is 0 Å². The van der Waals surface area contributed by atoms with Crippen LogP contribution in [-0.2, 0) is 0 Å². The monoisotopic (exact) mass is 202 g/mol. The first-order chi connectivity index (χ1) is 5.65. The Morgan fingerprint density at radius 3 is 2.50 bits per heavy atom. The molecule has 0 radical (unpaired) electrons. The maximum absolute atomic E-state index is 6.02. The maximum atomic E-state index is 6.02. The van der Waals surface area contributed by atoms with Gasteiger partial charge in [-0.2, -0.15) is 0 Å². The Balaban J connectivity index is 3.01. The van der Waals surface area contributed by atoms with Crippen LogP contribution in [0, 0.1) is 13.8 Å². The third-order valence-electron chi connectivity index (χ3n) is 1.90. The molecule has 0 nitrogen and oxygen atoms in total. The fraction of sp³-hybridized carbons (Fsp3) is 0.400. The van der Waals surface area contributed by atoms with Crippen molar-refractivity contribution >= 4 is 23.2 Å². The Bertz CT molecular complexity index is 269. The molecule has 0 saturated carbocycles. The normalized spacial score (nSPS) is 13.0. The first-order valence-electron chi connectivity index (χ1n) is 3.92. The molecule has 0 fully saturated rings. The highest BCUT2D eigenvalue weighted by Gasteiger charge is 2.08. The van der Waals surface area contributed by atoms with Crippen LogP contribution in [0.2, 0.25) is 0 Å². The third-order valence-corrected chi connectivity index (χ3v) is 2.75. The lowest BCUT2D eigenvalue weighted by Crippen LogP contribution is -1.95. The molecule has 66 valence electrons. The molecule has 0 unspecified atom stereocenters. The number of alkyl halides is 2. The molecule has 0 aliphatic rings. The van der Waals surface area contributed by atoms with Gasteiger partial charge in [0.05, 0.1) is 5.38 Å². The van der Waals surface area contributed by atoms with Crippen LogP contribution >= 0.6 is 23.2 Å². The largest absolute Gasteiger partial charge is 0.125 e. The summed E-state index contributed by atoms with van der Waals surface area (Å²) in [5.41, 5.74) is 3.61. The van der Waals surface area contributed by atoms with Crippen LogP contribution in [0.3, 0.4) is 0 Å². The van der Waals surface area contributed by atoms with Crippen molar-refractivity contribution in [3.8, 4) is 0 Å². The van der Waals surface area contributed by atoms with Crippen molar-refractivity contribution in [2.75, 3.05) is 5.88 Å². The lowest BCUT2D eigenvalue weighted by molar-refractivity contribution is 1.06. The highest BCUT2D eigenvalue weighted by atomic mass is 35.5. The summed E-state index contributed by atoms with van der Waals surface area (Å²) in [6.07, 6.45) is 0. The van der Waals surface area contributed by atoms with E-state index in [4.69, 9.17) is 23.2 Å². The third kappa shape index (κ3) is 2.15. The van der Waals surface area contributed by atoms with Crippen molar-refractivity contribution < 1.29 is 0 Å². The van der Waals surface area contributed by atoms with E-state index in [2.05, 4.69) is 26.0 Å². The van der Waals surface area contributed by atoms with Crippen LogP contribution < -0.4 is 0 Å². The highest BCUT2D eigenvalue weighted by molar-refractivity contribution is 6.28. The van der Waals surface area contributed by atoms with E-state index in [9.17, 15) is 0 Å². The maximum Gasteiger partial charge on any atom is 0.0723 e. The molecule has 1 aromatic carbocycles. The summed E-state index contributed by atoms with van der Waals surface area (Å²) >= 11 is 11.7. The van der Waals surface area contributed by atoms with E-state index in [0.29, 0.717) is 5.88 Å². The molecular weight excluding hydrogens is 191 g/mol. The molecule has 1 atom stereocenters. The predicted octanol–water partition coefficient (Wildman–Crippen LogP) is 3.82. The summed E-state index contributed by atoms with van der Waals surface area (Å²) in [5, 5.41) is -0.0627. The minimum absolute atomic E-state index is 0.0627. The number of aryl methyl sites for hydroxylation is 2. The molecule has 0 aliphatic carbocycles. The van der Waals surface area contributed by atoms with E-state index in [1.165, 1.54) is 11.1 Å². The van der Waals surface area contributed by atoms with Gasteiger partial charge in [0, 0.05) is 5.88 Å². The minimum atomic E-state index is -0.0627. The molecule has 0 spiro atoms. The van der Waals surface area contributed by atoms with E-state index in [0.717, 1.165) is 5.56 Å². The molecule has 0 N–H and O–H groups in total. The zero-order valence-electron chi connectivity index (χ0n) is 7.27. The standard InChI is InChI=1S/C10H12Cl2/c1-7-3-4-9(8(2)5-7)10(12)6-11/h3-5,10H,6H2,1-2H3/t10-/m1/s1. The summed E-state index contributed by atoms with van der Waals surface area (Å²) in [6, 6.07) is 6.23. The van der Waals surface area contributed by atoms with Gasteiger partial charge < -0.3 is 0 Å². The molecule has 2 heteroatoms. The fourth-order valence-electron chi connectivity index (χ4n) is 1.26. The first-order valence-corrected chi connectivity index (χ1v) is 4.89. The minimum Gasteiger partial charge on any atom is -0.125 e. The van der Waals surface area contributed by atoms with E-state index >= 15 is 0 Å². The topological polar surface area (TPSA) is 0 Å². The second kappa shape index (κ2) is 4.15. The molecule has 1 rings (SSSR count). The summed E-state index contributed by atoms with van der Waals surface area (Å²) in [4.78, 5) is 0. The highest BCUT2D eigenvalue weighted by Crippen LogP contribution is 2.25. The van der Waals surface area contributed by atoms with E-state index in [1.807, 2.05) is 6.07 Å². The Kier molecular flexibility index (Phi) is 3.42. The van der Waals surface area contributed by atoms with Crippen LogP contribution in [0.1, 0.15) is 22.1 Å². The van der Waals surface area contributed by atoms with Crippen LogP contribution in [0.5, 0.6) is 0 Å². The molecule has 0 heterocycles. The fourth-order valence-corrected chi connectivity index (χ4v) is 1.67. The predicted molar refractivity (Wildman–Crippen MR) is 55.2 cm³/mol. The SMILES string of the molecule is Cc1ccc([C@H](Cl)CCl)c(C)c1. The van der Waals surface area contributed by atoms with Gasteiger partial charge in [-0.3, -0.25) is 0 Å². The lowest BCUT2D eigenvalue weighted by Gasteiger charge is -2.09. The van der Waals surface area contributed by atoms with Gasteiger partial charge in [-0.05, 0) is 25.0 Å². The Hall–Kier alpha value is -0.200. The zero-order valence-corrected chi connectivity index (χ0v) is 8.78. The van der Waals surface area contributed by atoms with Crippen LogP contribution in [0.4, 0.5) is 0 Å². The van der Waals surface area contributed by atoms with Gasteiger partial charge in [0.1, 0.15) is 0 Å². The molecule has 0 aliphatic heterocycles. The molecule has 0 bridgehead atoms. The lowest BCUT2D eigenvalue weighted by atomic mass is 10.0. The summed E-state index contributed by atoms with van der Waals surface area (Å²) < 4.78 is 0. The second-order valence-corrected chi connectivity index (χ2v) is 3.82. The van der Waals surface area contributed by atoms with E-state index in [1.54, 1.807) is 0 Å². The van der Waals surface area contributed by atoms with Crippen LogP contribution in [0.25, 0.3) is 0 Å². The summed E-state index contributed by atoms with van der Waals surface area (Å²) in [6.45, 7) is 4.13. The molecule has 12 heavy (non-hydrogen) atoms. The zero-order chi connectivity index (χ0) is 9.14. The smallest absolute Gasteiger partial charge is 0.0723 e.